The van der Waals surface area contributed by atoms with Crippen LogP contribution in [0.5, 0.6) is 0 Å². The third-order valence-corrected chi connectivity index (χ3v) is 1.65. The predicted octanol–water partition coefficient (Wildman–Crippen LogP) is -1.45. The molecule has 0 saturated carbocycles. The van der Waals surface area contributed by atoms with Gasteiger partial charge < -0.3 is 14.6 Å². The number of nitrogens with zero attached hydrogens (tertiary/aromatic N) is 1. The van der Waals surface area contributed by atoms with Crippen molar-refractivity contribution in [2.24, 2.45) is 0 Å². The maximum Gasteiger partial charge on any atom is 0.489 e. The fraction of sp³-hybridized carbons (Fsp3) is 0.286. The van der Waals surface area contributed by atoms with E-state index < -0.39 is 7.12 Å². The maximum atomic E-state index is 11.0. The van der Waals surface area contributed by atoms with Crippen molar-refractivity contribution >= 4 is 12.6 Å². The second kappa shape index (κ2) is 3.56. The molecule has 1 heterocycles. The van der Waals surface area contributed by atoms with Crippen molar-refractivity contribution in [3.8, 4) is 0 Å². The molecule has 4 nitrogen and oxygen atoms in total. The van der Waals surface area contributed by atoms with E-state index in [2.05, 4.69) is 0 Å². The van der Waals surface area contributed by atoms with Crippen LogP contribution in [-0.2, 0) is 6.54 Å². The summed E-state index contributed by atoms with van der Waals surface area (Å²) in [5, 5.41) is 17.5. The van der Waals surface area contributed by atoms with Crippen molar-refractivity contribution in [1.29, 1.82) is 0 Å². The number of hydrogen-bond donors (Lipinski definition) is 2. The van der Waals surface area contributed by atoms with Crippen LogP contribution in [0.4, 0.5) is 0 Å². The molecule has 0 spiro atoms. The molecule has 1 aromatic rings. The fourth-order valence-corrected chi connectivity index (χ4v) is 0.950. The molecule has 0 saturated heterocycles. The zero-order chi connectivity index (χ0) is 9.14. The zero-order valence-electron chi connectivity index (χ0n) is 6.77. The molecule has 2 N–H and O–H groups in total. The molecule has 0 radical (unpaired) electrons. The number of rotatable bonds is 2. The minimum Gasteiger partial charge on any atom is -0.423 e. The Bertz CT molecular complexity index is 321. The Labute approximate surface area is 70.2 Å². The van der Waals surface area contributed by atoms with Gasteiger partial charge in [0.15, 0.2) is 0 Å². The van der Waals surface area contributed by atoms with E-state index in [4.69, 9.17) is 10.0 Å². The van der Waals surface area contributed by atoms with Crippen molar-refractivity contribution in [2.45, 2.75) is 13.5 Å². The molecule has 1 rings (SSSR count). The average Bonchev–Trinajstić information content (AvgIpc) is 2.05. The van der Waals surface area contributed by atoms with Crippen LogP contribution in [0.15, 0.2) is 23.1 Å². The summed E-state index contributed by atoms with van der Waals surface area (Å²) in [7, 11) is -1.51. The van der Waals surface area contributed by atoms with Gasteiger partial charge in [0, 0.05) is 18.8 Å². The summed E-state index contributed by atoms with van der Waals surface area (Å²) >= 11 is 0. The van der Waals surface area contributed by atoms with Crippen LogP contribution in [0.1, 0.15) is 6.92 Å². The second-order valence-electron chi connectivity index (χ2n) is 2.46. The van der Waals surface area contributed by atoms with Crippen LogP contribution in [0.3, 0.4) is 0 Å². The van der Waals surface area contributed by atoms with E-state index in [-0.39, 0.29) is 5.56 Å². The first-order chi connectivity index (χ1) is 5.65. The molecule has 0 aliphatic carbocycles. The summed E-state index contributed by atoms with van der Waals surface area (Å²) in [5.74, 6) is 0. The molecule has 0 aliphatic rings. The summed E-state index contributed by atoms with van der Waals surface area (Å²) in [5.41, 5.74) is 0.193. The van der Waals surface area contributed by atoms with Crippen LogP contribution >= 0.6 is 0 Å². The van der Waals surface area contributed by atoms with Crippen molar-refractivity contribution in [2.75, 3.05) is 0 Å². The van der Waals surface area contributed by atoms with Gasteiger partial charge in [-0.25, -0.2) is 0 Å². The number of aryl methyl sites for hydroxylation is 1. The largest absolute Gasteiger partial charge is 0.489 e. The molecule has 5 heteroatoms. The third-order valence-electron chi connectivity index (χ3n) is 1.65. The fourth-order valence-electron chi connectivity index (χ4n) is 0.950. The standard InChI is InChI=1S/C7H10BNO3/c1-2-9-5-6(8(11)12)3-4-7(9)10/h3-5,11-12H,2H2,1H3. The lowest BCUT2D eigenvalue weighted by Crippen LogP contribution is -2.34. The highest BCUT2D eigenvalue weighted by atomic mass is 16.4. The van der Waals surface area contributed by atoms with Crippen molar-refractivity contribution in [3.63, 3.8) is 0 Å². The van der Waals surface area contributed by atoms with Crippen LogP contribution in [-0.4, -0.2) is 21.7 Å². The Morgan fingerprint density at radius 1 is 1.50 bits per heavy atom. The molecule has 12 heavy (non-hydrogen) atoms. The summed E-state index contributed by atoms with van der Waals surface area (Å²) in [4.78, 5) is 11.0. The SMILES string of the molecule is CCn1cc(B(O)O)ccc1=O. The Kier molecular flexibility index (Phi) is 2.67. The van der Waals surface area contributed by atoms with Crippen LogP contribution in [0.2, 0.25) is 0 Å². The van der Waals surface area contributed by atoms with Crippen molar-refractivity contribution < 1.29 is 10.0 Å². The summed E-state index contributed by atoms with van der Waals surface area (Å²) in [6, 6.07) is 2.72. The lowest BCUT2D eigenvalue weighted by Gasteiger charge is -2.03. The van der Waals surface area contributed by atoms with Gasteiger partial charge in [-0.05, 0) is 12.4 Å². The van der Waals surface area contributed by atoms with Gasteiger partial charge in [0.1, 0.15) is 0 Å². The maximum absolute atomic E-state index is 11.0. The minimum atomic E-state index is -1.51. The Balaban J connectivity index is 3.14. The molecular formula is C7H10BNO3. The van der Waals surface area contributed by atoms with E-state index >= 15 is 0 Å². The molecule has 0 unspecified atom stereocenters. The van der Waals surface area contributed by atoms with Crippen molar-refractivity contribution in [3.05, 3.63) is 28.7 Å². The summed E-state index contributed by atoms with van der Waals surface area (Å²) < 4.78 is 1.41. The third kappa shape index (κ3) is 1.75. The first-order valence-electron chi connectivity index (χ1n) is 3.71. The molecule has 0 aliphatic heterocycles. The molecule has 1 aromatic heterocycles. The van der Waals surface area contributed by atoms with Gasteiger partial charge in [0.2, 0.25) is 5.56 Å². The van der Waals surface area contributed by atoms with Crippen molar-refractivity contribution in [1.82, 2.24) is 4.57 Å². The van der Waals surface area contributed by atoms with Gasteiger partial charge in [0.05, 0.1) is 0 Å². The van der Waals surface area contributed by atoms with Gasteiger partial charge in [-0.3, -0.25) is 4.79 Å². The van der Waals surface area contributed by atoms with E-state index in [1.165, 1.54) is 22.9 Å². The smallest absolute Gasteiger partial charge is 0.423 e. The molecule has 64 valence electrons. The van der Waals surface area contributed by atoms with Crippen LogP contribution < -0.4 is 11.0 Å². The lowest BCUT2D eigenvalue weighted by atomic mass is 9.82. The first-order valence-corrected chi connectivity index (χ1v) is 3.71. The highest BCUT2D eigenvalue weighted by molar-refractivity contribution is 6.58. The van der Waals surface area contributed by atoms with Crippen LogP contribution in [0, 0.1) is 0 Å². The Morgan fingerprint density at radius 3 is 2.67 bits per heavy atom. The van der Waals surface area contributed by atoms with E-state index in [1.807, 2.05) is 6.92 Å². The monoisotopic (exact) mass is 167 g/mol. The van der Waals surface area contributed by atoms with E-state index in [1.54, 1.807) is 0 Å². The van der Waals surface area contributed by atoms with Gasteiger partial charge in [-0.1, -0.05) is 6.07 Å². The van der Waals surface area contributed by atoms with Gasteiger partial charge in [-0.2, -0.15) is 0 Å². The van der Waals surface area contributed by atoms with Gasteiger partial charge >= 0.3 is 7.12 Å². The zero-order valence-corrected chi connectivity index (χ0v) is 6.77. The Hall–Kier alpha value is -1.07. The molecule has 0 bridgehead atoms. The van der Waals surface area contributed by atoms with Crippen LogP contribution in [0.25, 0.3) is 0 Å². The normalized spacial score (nSPS) is 9.92. The topological polar surface area (TPSA) is 62.5 Å². The minimum absolute atomic E-state index is 0.137. The predicted molar refractivity (Wildman–Crippen MR) is 46.2 cm³/mol. The number of aromatic nitrogens is 1. The average molecular weight is 167 g/mol. The Morgan fingerprint density at radius 2 is 2.17 bits per heavy atom. The molecule has 0 aromatic carbocycles. The molecule has 0 atom stereocenters. The number of hydrogen-bond acceptors (Lipinski definition) is 3. The highest BCUT2D eigenvalue weighted by Crippen LogP contribution is 1.80. The second-order valence-corrected chi connectivity index (χ2v) is 2.46. The quantitative estimate of drug-likeness (QED) is 0.529. The highest BCUT2D eigenvalue weighted by Gasteiger charge is 2.10. The van der Waals surface area contributed by atoms with E-state index in [0.717, 1.165) is 0 Å². The summed E-state index contributed by atoms with van der Waals surface area (Å²) in [6.45, 7) is 2.34. The molecular weight excluding hydrogens is 157 g/mol. The van der Waals surface area contributed by atoms with Gasteiger partial charge in [0.25, 0.3) is 0 Å². The van der Waals surface area contributed by atoms with E-state index in [0.29, 0.717) is 12.0 Å². The number of pyridine rings is 1. The first kappa shape index (κ1) is 9.03. The van der Waals surface area contributed by atoms with Gasteiger partial charge in [-0.15, -0.1) is 0 Å². The lowest BCUT2D eigenvalue weighted by molar-refractivity contribution is 0.425. The molecule has 0 amide bonds. The molecule has 0 fully saturated rings. The summed E-state index contributed by atoms with van der Waals surface area (Å²) in [6.07, 6.45) is 1.44. The van der Waals surface area contributed by atoms with E-state index in [9.17, 15) is 4.79 Å².